The second-order valence-electron chi connectivity index (χ2n) is 3.49. The Morgan fingerprint density at radius 1 is 1.31 bits per heavy atom. The SMILES string of the molecule is CCC(=O)[C@@H]1CCC[C@H]1C(=O)OC. The smallest absolute Gasteiger partial charge is 0.309 e. The molecule has 0 saturated heterocycles. The summed E-state index contributed by atoms with van der Waals surface area (Å²) in [5.41, 5.74) is 0. The molecule has 0 radical (unpaired) electrons. The first-order valence-corrected chi connectivity index (χ1v) is 4.81. The number of Topliss-reactive ketones (excluding diaryl/α,β-unsaturated/α-hetero) is 1. The van der Waals surface area contributed by atoms with E-state index in [1.807, 2.05) is 6.92 Å². The number of methoxy groups -OCH3 is 1. The van der Waals surface area contributed by atoms with Gasteiger partial charge in [0.15, 0.2) is 0 Å². The lowest BCUT2D eigenvalue weighted by atomic mass is 9.91. The summed E-state index contributed by atoms with van der Waals surface area (Å²) in [5, 5.41) is 0. The van der Waals surface area contributed by atoms with Crippen LogP contribution in [0.25, 0.3) is 0 Å². The zero-order valence-corrected chi connectivity index (χ0v) is 8.21. The Balaban J connectivity index is 2.63. The van der Waals surface area contributed by atoms with E-state index in [-0.39, 0.29) is 23.6 Å². The largest absolute Gasteiger partial charge is 0.469 e. The van der Waals surface area contributed by atoms with Gasteiger partial charge in [-0.25, -0.2) is 0 Å². The van der Waals surface area contributed by atoms with Crippen LogP contribution in [0.15, 0.2) is 0 Å². The molecule has 13 heavy (non-hydrogen) atoms. The van der Waals surface area contributed by atoms with Gasteiger partial charge in [0, 0.05) is 12.3 Å². The van der Waals surface area contributed by atoms with E-state index in [0.29, 0.717) is 6.42 Å². The quantitative estimate of drug-likeness (QED) is 0.625. The average molecular weight is 184 g/mol. The Bertz CT molecular complexity index is 188. The number of rotatable bonds is 3. The monoisotopic (exact) mass is 184 g/mol. The van der Waals surface area contributed by atoms with E-state index in [9.17, 15) is 9.59 Å². The standard InChI is InChI=1S/C10H16O3/c1-3-9(11)7-5-4-6-8(7)10(12)13-2/h7-8H,3-6H2,1-2H3/t7-,8-/m1/s1. The molecule has 0 aliphatic heterocycles. The molecule has 0 N–H and O–H groups in total. The normalized spacial score (nSPS) is 27.2. The molecule has 1 aliphatic rings. The van der Waals surface area contributed by atoms with Crippen molar-refractivity contribution in [1.82, 2.24) is 0 Å². The van der Waals surface area contributed by atoms with Crippen molar-refractivity contribution in [2.45, 2.75) is 32.6 Å². The third-order valence-corrected chi connectivity index (χ3v) is 2.78. The maximum absolute atomic E-state index is 11.4. The van der Waals surface area contributed by atoms with Gasteiger partial charge in [-0.15, -0.1) is 0 Å². The van der Waals surface area contributed by atoms with E-state index in [2.05, 4.69) is 4.74 Å². The molecule has 0 spiro atoms. The summed E-state index contributed by atoms with van der Waals surface area (Å²) in [5.74, 6) is -0.257. The lowest BCUT2D eigenvalue weighted by molar-refractivity contribution is -0.148. The number of carbonyl (C=O) groups excluding carboxylic acids is 2. The molecule has 0 bridgehead atoms. The van der Waals surface area contributed by atoms with Crippen LogP contribution in [-0.4, -0.2) is 18.9 Å². The molecule has 74 valence electrons. The Kier molecular flexibility index (Phi) is 3.46. The van der Waals surface area contributed by atoms with Crippen LogP contribution in [0.5, 0.6) is 0 Å². The minimum Gasteiger partial charge on any atom is -0.469 e. The molecule has 1 aliphatic carbocycles. The third kappa shape index (κ3) is 2.08. The van der Waals surface area contributed by atoms with Crippen LogP contribution in [0.4, 0.5) is 0 Å². The fraction of sp³-hybridized carbons (Fsp3) is 0.800. The Morgan fingerprint density at radius 2 is 1.92 bits per heavy atom. The van der Waals surface area contributed by atoms with E-state index >= 15 is 0 Å². The minimum atomic E-state index is -0.218. The summed E-state index contributed by atoms with van der Waals surface area (Å²) in [6.45, 7) is 1.84. The summed E-state index contributed by atoms with van der Waals surface area (Å²) in [6.07, 6.45) is 3.16. The number of esters is 1. The van der Waals surface area contributed by atoms with E-state index in [0.717, 1.165) is 19.3 Å². The van der Waals surface area contributed by atoms with Gasteiger partial charge in [-0.05, 0) is 12.8 Å². The van der Waals surface area contributed by atoms with Crippen LogP contribution < -0.4 is 0 Å². The summed E-state index contributed by atoms with van der Waals surface area (Å²) in [7, 11) is 1.38. The van der Waals surface area contributed by atoms with Crippen molar-refractivity contribution in [3.8, 4) is 0 Å². The highest BCUT2D eigenvalue weighted by molar-refractivity contribution is 5.87. The maximum atomic E-state index is 11.4. The molecule has 1 rings (SSSR count). The fourth-order valence-corrected chi connectivity index (χ4v) is 2.04. The summed E-state index contributed by atoms with van der Waals surface area (Å²) in [4.78, 5) is 22.7. The molecule has 3 nitrogen and oxygen atoms in total. The van der Waals surface area contributed by atoms with Crippen molar-refractivity contribution in [3.63, 3.8) is 0 Å². The molecule has 0 unspecified atom stereocenters. The van der Waals surface area contributed by atoms with Gasteiger partial charge < -0.3 is 4.74 Å². The Hall–Kier alpha value is -0.860. The van der Waals surface area contributed by atoms with Gasteiger partial charge in [-0.3, -0.25) is 9.59 Å². The number of hydrogen-bond acceptors (Lipinski definition) is 3. The first kappa shape index (κ1) is 10.2. The molecule has 0 heterocycles. The number of carbonyl (C=O) groups is 2. The Morgan fingerprint density at radius 3 is 2.46 bits per heavy atom. The van der Waals surface area contributed by atoms with Crippen LogP contribution in [0.2, 0.25) is 0 Å². The van der Waals surface area contributed by atoms with Crippen LogP contribution in [0.1, 0.15) is 32.6 Å². The first-order valence-electron chi connectivity index (χ1n) is 4.81. The predicted octanol–water partition coefficient (Wildman–Crippen LogP) is 1.55. The molecule has 0 amide bonds. The molecule has 0 aromatic carbocycles. The first-order chi connectivity index (χ1) is 6.20. The van der Waals surface area contributed by atoms with Gasteiger partial charge in [0.25, 0.3) is 0 Å². The van der Waals surface area contributed by atoms with Gasteiger partial charge in [-0.2, -0.15) is 0 Å². The van der Waals surface area contributed by atoms with E-state index < -0.39 is 0 Å². The van der Waals surface area contributed by atoms with E-state index in [1.165, 1.54) is 7.11 Å². The van der Waals surface area contributed by atoms with Crippen molar-refractivity contribution < 1.29 is 14.3 Å². The fourth-order valence-electron chi connectivity index (χ4n) is 2.04. The van der Waals surface area contributed by atoms with Gasteiger partial charge in [0.1, 0.15) is 5.78 Å². The zero-order valence-electron chi connectivity index (χ0n) is 8.21. The Labute approximate surface area is 78.5 Å². The molecular weight excluding hydrogens is 168 g/mol. The number of ether oxygens (including phenoxy) is 1. The molecule has 1 fully saturated rings. The zero-order chi connectivity index (χ0) is 9.84. The lowest BCUT2D eigenvalue weighted by Gasteiger charge is -2.14. The molecule has 0 aromatic rings. The molecule has 0 aromatic heterocycles. The van der Waals surface area contributed by atoms with Crippen LogP contribution >= 0.6 is 0 Å². The van der Waals surface area contributed by atoms with Crippen LogP contribution in [0.3, 0.4) is 0 Å². The predicted molar refractivity (Wildman–Crippen MR) is 48.1 cm³/mol. The summed E-state index contributed by atoms with van der Waals surface area (Å²) >= 11 is 0. The molecule has 2 atom stereocenters. The maximum Gasteiger partial charge on any atom is 0.309 e. The van der Waals surface area contributed by atoms with Gasteiger partial charge in [0.05, 0.1) is 13.0 Å². The average Bonchev–Trinajstić information content (AvgIpc) is 2.63. The topological polar surface area (TPSA) is 43.4 Å². The van der Waals surface area contributed by atoms with Gasteiger partial charge in [-0.1, -0.05) is 13.3 Å². The minimum absolute atomic E-state index is 0.0718. The second-order valence-corrected chi connectivity index (χ2v) is 3.49. The van der Waals surface area contributed by atoms with Crippen molar-refractivity contribution in [2.24, 2.45) is 11.8 Å². The highest BCUT2D eigenvalue weighted by atomic mass is 16.5. The molecule has 1 saturated carbocycles. The van der Waals surface area contributed by atoms with Crippen molar-refractivity contribution >= 4 is 11.8 Å². The van der Waals surface area contributed by atoms with Crippen molar-refractivity contribution in [3.05, 3.63) is 0 Å². The summed E-state index contributed by atoms with van der Waals surface area (Å²) < 4.78 is 4.67. The highest BCUT2D eigenvalue weighted by Gasteiger charge is 2.37. The van der Waals surface area contributed by atoms with E-state index in [1.54, 1.807) is 0 Å². The van der Waals surface area contributed by atoms with Gasteiger partial charge in [0.2, 0.25) is 0 Å². The number of hydrogen-bond donors (Lipinski definition) is 0. The van der Waals surface area contributed by atoms with Crippen molar-refractivity contribution in [1.29, 1.82) is 0 Å². The van der Waals surface area contributed by atoms with Crippen LogP contribution in [-0.2, 0) is 14.3 Å². The molecular formula is C10H16O3. The summed E-state index contributed by atoms with van der Waals surface area (Å²) in [6, 6.07) is 0. The third-order valence-electron chi connectivity index (χ3n) is 2.78. The van der Waals surface area contributed by atoms with Crippen molar-refractivity contribution in [2.75, 3.05) is 7.11 Å². The highest BCUT2D eigenvalue weighted by Crippen LogP contribution is 2.33. The lowest BCUT2D eigenvalue weighted by Crippen LogP contribution is -2.25. The molecule has 3 heteroatoms. The van der Waals surface area contributed by atoms with Gasteiger partial charge >= 0.3 is 5.97 Å². The van der Waals surface area contributed by atoms with Crippen LogP contribution in [0, 0.1) is 11.8 Å². The number of ketones is 1. The second kappa shape index (κ2) is 4.40. The van der Waals surface area contributed by atoms with E-state index in [4.69, 9.17) is 0 Å².